The molecule has 4 aromatic rings. The normalized spacial score (nSPS) is 15.2. The SMILES string of the molecule is COC(=O)c1cccc2nc(C3CC3)n(Cc3ccc(-c4ccccc4C4=NOC(=O)C4)cc3)c12. The number of carbonyl (C=O) groups excluding carboxylic acids is 2. The van der Waals surface area contributed by atoms with Crippen LogP contribution in [0.15, 0.2) is 71.9 Å². The minimum Gasteiger partial charge on any atom is -0.465 e. The van der Waals surface area contributed by atoms with Gasteiger partial charge in [-0.1, -0.05) is 59.8 Å². The third-order valence-corrected chi connectivity index (χ3v) is 6.56. The van der Waals surface area contributed by atoms with Crippen LogP contribution in [0.3, 0.4) is 0 Å². The second-order valence-electron chi connectivity index (χ2n) is 8.92. The number of oxime groups is 1. The number of carbonyl (C=O) groups is 2. The van der Waals surface area contributed by atoms with Crippen LogP contribution in [0.1, 0.15) is 52.5 Å². The first-order valence-electron chi connectivity index (χ1n) is 11.7. The molecule has 1 fully saturated rings. The number of para-hydroxylation sites is 1. The summed E-state index contributed by atoms with van der Waals surface area (Å²) < 4.78 is 7.21. The average molecular weight is 466 g/mol. The van der Waals surface area contributed by atoms with E-state index < -0.39 is 0 Å². The van der Waals surface area contributed by atoms with Gasteiger partial charge in [0.05, 0.1) is 35.8 Å². The molecule has 1 aliphatic heterocycles. The maximum atomic E-state index is 12.5. The Kier molecular flexibility index (Phi) is 5.17. The third kappa shape index (κ3) is 3.89. The Hall–Kier alpha value is -4.26. The van der Waals surface area contributed by atoms with E-state index in [2.05, 4.69) is 34.0 Å². The molecule has 0 saturated heterocycles. The summed E-state index contributed by atoms with van der Waals surface area (Å²) in [5, 5.41) is 3.95. The molecule has 0 amide bonds. The van der Waals surface area contributed by atoms with Crippen molar-refractivity contribution in [1.82, 2.24) is 9.55 Å². The van der Waals surface area contributed by atoms with Crippen molar-refractivity contribution < 1.29 is 19.2 Å². The van der Waals surface area contributed by atoms with Crippen LogP contribution in [-0.4, -0.2) is 34.3 Å². The lowest BCUT2D eigenvalue weighted by atomic mass is 9.95. The molecule has 0 atom stereocenters. The fourth-order valence-corrected chi connectivity index (χ4v) is 4.70. The fourth-order valence-electron chi connectivity index (χ4n) is 4.70. The van der Waals surface area contributed by atoms with Gasteiger partial charge in [0.1, 0.15) is 5.82 Å². The summed E-state index contributed by atoms with van der Waals surface area (Å²) in [7, 11) is 1.40. The summed E-state index contributed by atoms with van der Waals surface area (Å²) in [6.07, 6.45) is 2.40. The highest BCUT2D eigenvalue weighted by Crippen LogP contribution is 2.41. The van der Waals surface area contributed by atoms with E-state index in [9.17, 15) is 9.59 Å². The fraction of sp³-hybridized carbons (Fsp3) is 0.214. The van der Waals surface area contributed by atoms with Crippen LogP contribution in [0.5, 0.6) is 0 Å². The highest BCUT2D eigenvalue weighted by Gasteiger charge is 2.31. The summed E-state index contributed by atoms with van der Waals surface area (Å²) in [5.74, 6) is 0.754. The molecular weight excluding hydrogens is 442 g/mol. The number of hydrogen-bond acceptors (Lipinski definition) is 6. The topological polar surface area (TPSA) is 82.8 Å². The predicted molar refractivity (Wildman–Crippen MR) is 131 cm³/mol. The van der Waals surface area contributed by atoms with Crippen molar-refractivity contribution in [2.45, 2.75) is 31.7 Å². The number of imidazole rings is 1. The van der Waals surface area contributed by atoms with Crippen molar-refractivity contribution in [3.63, 3.8) is 0 Å². The molecule has 0 spiro atoms. The molecule has 2 aliphatic rings. The Balaban J connectivity index is 1.36. The van der Waals surface area contributed by atoms with Gasteiger partial charge in [0.25, 0.3) is 0 Å². The second kappa shape index (κ2) is 8.51. The molecular formula is C28H23N3O4. The Labute approximate surface area is 202 Å². The lowest BCUT2D eigenvalue weighted by molar-refractivity contribution is -0.140. The van der Waals surface area contributed by atoms with Crippen LogP contribution in [0, 0.1) is 0 Å². The summed E-state index contributed by atoms with van der Waals surface area (Å²) in [6.45, 7) is 0.604. The number of hydrogen-bond donors (Lipinski definition) is 0. The number of esters is 1. The highest BCUT2D eigenvalue weighted by atomic mass is 16.7. The maximum absolute atomic E-state index is 12.5. The Bertz CT molecular complexity index is 1500. The molecule has 6 rings (SSSR count). The van der Waals surface area contributed by atoms with E-state index in [1.165, 1.54) is 7.11 Å². The van der Waals surface area contributed by atoms with Crippen molar-refractivity contribution in [3.8, 4) is 11.1 Å². The number of aromatic nitrogens is 2. The van der Waals surface area contributed by atoms with Crippen LogP contribution in [0.4, 0.5) is 0 Å². The van der Waals surface area contributed by atoms with Crippen LogP contribution in [-0.2, 0) is 20.9 Å². The van der Waals surface area contributed by atoms with Crippen molar-refractivity contribution >= 4 is 28.7 Å². The number of benzene rings is 3. The van der Waals surface area contributed by atoms with Gasteiger partial charge < -0.3 is 14.1 Å². The standard InChI is InChI=1S/C28H23N3O4/c1-34-28(33)22-7-4-8-23-26(22)31(27(29-23)19-13-14-19)16-17-9-11-18(12-10-17)20-5-2-3-6-21(20)24-15-25(32)35-30-24/h2-12,19H,13-16H2,1H3. The van der Waals surface area contributed by atoms with Gasteiger partial charge in [-0.2, -0.15) is 0 Å². The molecule has 174 valence electrons. The summed E-state index contributed by atoms with van der Waals surface area (Å²) in [5.41, 5.74) is 6.83. The molecule has 0 N–H and O–H groups in total. The molecule has 0 radical (unpaired) electrons. The van der Waals surface area contributed by atoms with Gasteiger partial charge in [0, 0.05) is 18.0 Å². The first-order valence-corrected chi connectivity index (χ1v) is 11.7. The number of methoxy groups -OCH3 is 1. The molecule has 35 heavy (non-hydrogen) atoms. The zero-order chi connectivity index (χ0) is 23.9. The van der Waals surface area contributed by atoms with Gasteiger partial charge in [-0.05, 0) is 41.7 Å². The van der Waals surface area contributed by atoms with E-state index in [1.54, 1.807) is 6.07 Å². The molecule has 7 nitrogen and oxygen atoms in total. The maximum Gasteiger partial charge on any atom is 0.341 e. The highest BCUT2D eigenvalue weighted by molar-refractivity contribution is 6.14. The van der Waals surface area contributed by atoms with E-state index >= 15 is 0 Å². The second-order valence-corrected chi connectivity index (χ2v) is 8.92. The van der Waals surface area contributed by atoms with Crippen molar-refractivity contribution in [2.24, 2.45) is 5.16 Å². The Morgan fingerprint density at radius 2 is 1.80 bits per heavy atom. The third-order valence-electron chi connectivity index (χ3n) is 6.56. The van der Waals surface area contributed by atoms with Gasteiger partial charge in [-0.3, -0.25) is 0 Å². The number of fused-ring (bicyclic) bond motifs is 1. The summed E-state index contributed by atoms with van der Waals surface area (Å²) in [6, 6.07) is 21.8. The van der Waals surface area contributed by atoms with Crippen LogP contribution in [0.25, 0.3) is 22.2 Å². The number of ether oxygens (including phenoxy) is 1. The lowest BCUT2D eigenvalue weighted by Crippen LogP contribution is -2.09. The molecule has 1 aliphatic carbocycles. The van der Waals surface area contributed by atoms with Gasteiger partial charge >= 0.3 is 11.9 Å². The minimum absolute atomic E-state index is 0.176. The lowest BCUT2D eigenvalue weighted by Gasteiger charge is -2.13. The molecule has 1 aromatic heterocycles. The average Bonchev–Trinajstić information content (AvgIpc) is 3.55. The molecule has 0 unspecified atom stereocenters. The monoisotopic (exact) mass is 465 g/mol. The van der Waals surface area contributed by atoms with E-state index in [0.717, 1.165) is 52.0 Å². The minimum atomic E-state index is -0.358. The van der Waals surface area contributed by atoms with E-state index in [1.807, 2.05) is 36.4 Å². The molecule has 3 aromatic carbocycles. The van der Waals surface area contributed by atoms with Gasteiger partial charge in [0.15, 0.2) is 0 Å². The van der Waals surface area contributed by atoms with Gasteiger partial charge in [-0.25, -0.2) is 14.6 Å². The summed E-state index contributed by atoms with van der Waals surface area (Å²) >= 11 is 0. The first kappa shape index (κ1) is 21.3. The Morgan fingerprint density at radius 3 is 2.49 bits per heavy atom. The van der Waals surface area contributed by atoms with E-state index in [4.69, 9.17) is 14.6 Å². The molecule has 7 heteroatoms. The van der Waals surface area contributed by atoms with Gasteiger partial charge in [0.2, 0.25) is 0 Å². The smallest absolute Gasteiger partial charge is 0.341 e. The van der Waals surface area contributed by atoms with E-state index in [0.29, 0.717) is 23.7 Å². The van der Waals surface area contributed by atoms with Gasteiger partial charge in [-0.15, -0.1) is 0 Å². The number of rotatable bonds is 6. The zero-order valence-electron chi connectivity index (χ0n) is 19.2. The Morgan fingerprint density at radius 1 is 1.03 bits per heavy atom. The van der Waals surface area contributed by atoms with Crippen LogP contribution >= 0.6 is 0 Å². The van der Waals surface area contributed by atoms with E-state index in [-0.39, 0.29) is 18.4 Å². The molecule has 0 bridgehead atoms. The van der Waals surface area contributed by atoms with Crippen molar-refractivity contribution in [1.29, 1.82) is 0 Å². The first-order chi connectivity index (χ1) is 17.1. The summed E-state index contributed by atoms with van der Waals surface area (Å²) in [4.78, 5) is 33.7. The zero-order valence-corrected chi connectivity index (χ0v) is 19.2. The van der Waals surface area contributed by atoms with Crippen LogP contribution < -0.4 is 0 Å². The predicted octanol–water partition coefficient (Wildman–Crippen LogP) is 5.07. The largest absolute Gasteiger partial charge is 0.465 e. The van der Waals surface area contributed by atoms with Crippen molar-refractivity contribution in [2.75, 3.05) is 7.11 Å². The number of nitrogens with zero attached hydrogens (tertiary/aromatic N) is 3. The quantitative estimate of drug-likeness (QED) is 0.293. The van der Waals surface area contributed by atoms with Crippen molar-refractivity contribution in [3.05, 3.63) is 89.2 Å². The molecule has 1 saturated carbocycles. The van der Waals surface area contributed by atoms with Crippen LogP contribution in [0.2, 0.25) is 0 Å². The molecule has 2 heterocycles.